The quantitative estimate of drug-likeness (QED) is 0.626. The summed E-state index contributed by atoms with van der Waals surface area (Å²) < 4.78 is 13.8. The van der Waals surface area contributed by atoms with E-state index in [0.29, 0.717) is 16.8 Å². The number of nitrogens with two attached hydrogens (primary N) is 1. The number of carbonyl (C=O) groups is 1. The van der Waals surface area contributed by atoms with E-state index >= 15 is 0 Å². The largest absolute Gasteiger partial charge is 0.399 e. The van der Waals surface area contributed by atoms with Crippen molar-refractivity contribution in [2.75, 3.05) is 11.1 Å². The molecule has 0 radical (unpaired) electrons. The number of benzene rings is 2. The zero-order chi connectivity index (χ0) is 14.1. The van der Waals surface area contributed by atoms with Gasteiger partial charge in [-0.05, 0) is 36.4 Å². The highest BCUT2D eigenvalue weighted by Gasteiger charge is 2.13. The number of halogens is 1. The molecule has 0 aliphatic rings. The van der Waals surface area contributed by atoms with Crippen LogP contribution >= 0.6 is 0 Å². The summed E-state index contributed by atoms with van der Waals surface area (Å²) in [6.07, 6.45) is 0. The average Bonchev–Trinajstić information content (AvgIpc) is 2.84. The maximum Gasteiger partial charge on any atom is 0.256 e. The molecule has 0 atom stereocenters. The van der Waals surface area contributed by atoms with Gasteiger partial charge >= 0.3 is 0 Å². The molecule has 5 nitrogen and oxygen atoms in total. The second-order valence-corrected chi connectivity index (χ2v) is 4.31. The average molecular weight is 270 g/mol. The summed E-state index contributed by atoms with van der Waals surface area (Å²) in [4.78, 5) is 12.1. The van der Waals surface area contributed by atoms with Crippen molar-refractivity contribution >= 4 is 28.3 Å². The van der Waals surface area contributed by atoms with Gasteiger partial charge in [-0.15, -0.1) is 0 Å². The molecule has 1 heterocycles. The minimum atomic E-state index is -0.441. The van der Waals surface area contributed by atoms with Gasteiger partial charge in [-0.25, -0.2) is 4.39 Å². The van der Waals surface area contributed by atoms with E-state index in [1.54, 1.807) is 36.4 Å². The third kappa shape index (κ3) is 2.07. The van der Waals surface area contributed by atoms with Gasteiger partial charge in [-0.3, -0.25) is 9.89 Å². The Bertz CT molecular complexity index is 779. The second kappa shape index (κ2) is 4.65. The number of fused-ring (bicyclic) bond motifs is 1. The molecule has 1 amide bonds. The molecule has 1 aromatic heterocycles. The SMILES string of the molecule is Nc1ccc(C(=O)Nc2n[nH]c3cccc(F)c23)cc1. The predicted octanol–water partition coefficient (Wildman–Crippen LogP) is 2.54. The molecule has 2 aromatic carbocycles. The van der Waals surface area contributed by atoms with Gasteiger partial charge in [0.25, 0.3) is 5.91 Å². The smallest absolute Gasteiger partial charge is 0.256 e. The van der Waals surface area contributed by atoms with E-state index in [2.05, 4.69) is 15.5 Å². The van der Waals surface area contributed by atoms with Crippen LogP contribution in [-0.2, 0) is 0 Å². The second-order valence-electron chi connectivity index (χ2n) is 4.31. The lowest BCUT2D eigenvalue weighted by Gasteiger charge is -2.03. The Labute approximate surface area is 113 Å². The molecule has 0 saturated carbocycles. The summed E-state index contributed by atoms with van der Waals surface area (Å²) in [5.41, 5.74) is 7.07. The van der Waals surface area contributed by atoms with E-state index in [1.165, 1.54) is 6.07 Å². The van der Waals surface area contributed by atoms with Crippen LogP contribution in [0.25, 0.3) is 10.9 Å². The summed E-state index contributed by atoms with van der Waals surface area (Å²) in [5, 5.41) is 9.43. The molecule has 6 heteroatoms. The van der Waals surface area contributed by atoms with Crippen LogP contribution in [0.4, 0.5) is 15.9 Å². The summed E-state index contributed by atoms with van der Waals surface area (Å²) >= 11 is 0. The van der Waals surface area contributed by atoms with Crippen molar-refractivity contribution in [2.45, 2.75) is 0 Å². The molecule has 0 unspecified atom stereocenters. The zero-order valence-electron chi connectivity index (χ0n) is 10.4. The third-order valence-corrected chi connectivity index (χ3v) is 2.94. The van der Waals surface area contributed by atoms with Crippen LogP contribution in [-0.4, -0.2) is 16.1 Å². The number of hydrogen-bond donors (Lipinski definition) is 3. The molecule has 0 fully saturated rings. The number of nitrogen functional groups attached to an aromatic ring is 1. The first-order valence-electron chi connectivity index (χ1n) is 5.94. The fourth-order valence-electron chi connectivity index (χ4n) is 1.93. The number of nitrogens with one attached hydrogen (secondary N) is 2. The zero-order valence-corrected chi connectivity index (χ0v) is 10.4. The number of amides is 1. The molecular formula is C14H11FN4O. The minimum absolute atomic E-state index is 0.167. The molecule has 20 heavy (non-hydrogen) atoms. The Morgan fingerprint density at radius 3 is 2.70 bits per heavy atom. The topological polar surface area (TPSA) is 83.8 Å². The summed E-state index contributed by atoms with van der Waals surface area (Å²) in [6.45, 7) is 0. The van der Waals surface area contributed by atoms with Crippen LogP contribution in [0.3, 0.4) is 0 Å². The fraction of sp³-hybridized carbons (Fsp3) is 0. The number of H-pyrrole nitrogens is 1. The first-order chi connectivity index (χ1) is 9.65. The van der Waals surface area contributed by atoms with E-state index in [9.17, 15) is 9.18 Å². The van der Waals surface area contributed by atoms with Crippen LogP contribution in [0.5, 0.6) is 0 Å². The molecule has 4 N–H and O–H groups in total. The van der Waals surface area contributed by atoms with Crippen LogP contribution in [0.15, 0.2) is 42.5 Å². The van der Waals surface area contributed by atoms with Crippen LogP contribution < -0.4 is 11.1 Å². The lowest BCUT2D eigenvalue weighted by Crippen LogP contribution is -2.12. The number of carbonyl (C=O) groups excluding carboxylic acids is 1. The number of aromatic amines is 1. The van der Waals surface area contributed by atoms with Crippen molar-refractivity contribution in [3.8, 4) is 0 Å². The van der Waals surface area contributed by atoms with E-state index in [-0.39, 0.29) is 17.1 Å². The Balaban J connectivity index is 1.93. The molecular weight excluding hydrogens is 259 g/mol. The van der Waals surface area contributed by atoms with Crippen molar-refractivity contribution in [3.63, 3.8) is 0 Å². The van der Waals surface area contributed by atoms with Gasteiger partial charge in [-0.1, -0.05) is 6.07 Å². The summed E-state index contributed by atoms with van der Waals surface area (Å²) in [5.74, 6) is -0.648. The van der Waals surface area contributed by atoms with Gasteiger partial charge in [0, 0.05) is 11.3 Å². The van der Waals surface area contributed by atoms with Gasteiger partial charge in [0.05, 0.1) is 10.9 Å². The van der Waals surface area contributed by atoms with Crippen LogP contribution in [0.1, 0.15) is 10.4 Å². The Kier molecular flexibility index (Phi) is 2.83. The number of rotatable bonds is 2. The van der Waals surface area contributed by atoms with Crippen LogP contribution in [0, 0.1) is 5.82 Å². The Morgan fingerprint density at radius 1 is 1.20 bits per heavy atom. The number of anilines is 2. The number of hydrogen-bond acceptors (Lipinski definition) is 3. The van der Waals surface area contributed by atoms with Gasteiger partial charge < -0.3 is 11.1 Å². The molecule has 0 bridgehead atoms. The lowest BCUT2D eigenvalue weighted by molar-refractivity contribution is 0.102. The van der Waals surface area contributed by atoms with Crippen molar-refractivity contribution < 1.29 is 9.18 Å². The summed E-state index contributed by atoms with van der Waals surface area (Å²) in [6, 6.07) is 11.0. The highest BCUT2D eigenvalue weighted by atomic mass is 19.1. The molecule has 0 aliphatic carbocycles. The normalized spacial score (nSPS) is 10.7. The highest BCUT2D eigenvalue weighted by molar-refractivity contribution is 6.08. The van der Waals surface area contributed by atoms with E-state index < -0.39 is 5.82 Å². The van der Waals surface area contributed by atoms with Gasteiger partial charge in [0.1, 0.15) is 5.82 Å². The lowest BCUT2D eigenvalue weighted by atomic mass is 10.2. The Hall–Kier alpha value is -2.89. The number of aromatic nitrogens is 2. The maximum atomic E-state index is 13.8. The molecule has 0 spiro atoms. The Morgan fingerprint density at radius 2 is 1.95 bits per heavy atom. The van der Waals surface area contributed by atoms with Gasteiger partial charge in [-0.2, -0.15) is 5.10 Å². The fourth-order valence-corrected chi connectivity index (χ4v) is 1.93. The van der Waals surface area contributed by atoms with Crippen molar-refractivity contribution in [1.29, 1.82) is 0 Å². The van der Waals surface area contributed by atoms with E-state index in [1.807, 2.05) is 0 Å². The molecule has 0 saturated heterocycles. The molecule has 100 valence electrons. The molecule has 3 aromatic rings. The van der Waals surface area contributed by atoms with Crippen molar-refractivity contribution in [3.05, 3.63) is 53.8 Å². The standard InChI is InChI=1S/C14H11FN4O/c15-10-2-1-3-11-12(10)13(19-18-11)17-14(20)8-4-6-9(16)7-5-8/h1-7H,16H2,(H2,17,18,19,20). The van der Waals surface area contributed by atoms with Crippen LogP contribution in [0.2, 0.25) is 0 Å². The molecule has 3 rings (SSSR count). The van der Waals surface area contributed by atoms with E-state index in [0.717, 1.165) is 0 Å². The van der Waals surface area contributed by atoms with Gasteiger partial charge in [0.15, 0.2) is 5.82 Å². The van der Waals surface area contributed by atoms with E-state index in [4.69, 9.17) is 5.73 Å². The third-order valence-electron chi connectivity index (χ3n) is 2.94. The first-order valence-corrected chi connectivity index (χ1v) is 5.94. The van der Waals surface area contributed by atoms with Gasteiger partial charge in [0.2, 0.25) is 0 Å². The molecule has 0 aliphatic heterocycles. The first kappa shape index (κ1) is 12.2. The van der Waals surface area contributed by atoms with Crippen molar-refractivity contribution in [2.24, 2.45) is 0 Å². The minimum Gasteiger partial charge on any atom is -0.399 e. The highest BCUT2D eigenvalue weighted by Crippen LogP contribution is 2.23. The monoisotopic (exact) mass is 270 g/mol. The predicted molar refractivity (Wildman–Crippen MR) is 74.9 cm³/mol. The van der Waals surface area contributed by atoms with Crippen molar-refractivity contribution in [1.82, 2.24) is 10.2 Å². The summed E-state index contributed by atoms with van der Waals surface area (Å²) in [7, 11) is 0. The number of nitrogens with zero attached hydrogens (tertiary/aromatic N) is 1. The maximum absolute atomic E-state index is 13.8.